The summed E-state index contributed by atoms with van der Waals surface area (Å²) in [4.78, 5) is 0. The predicted molar refractivity (Wildman–Crippen MR) is 91.0 cm³/mol. The Morgan fingerprint density at radius 3 is 2.14 bits per heavy atom. The normalized spacial score (nSPS) is 27.8. The summed E-state index contributed by atoms with van der Waals surface area (Å²) in [6.07, 6.45) is 4.28. The fourth-order valence-electron chi connectivity index (χ4n) is 3.31. The standard InChI is InChI=1S/C19H31NO2/c1-6-8-15-10-16(9-7-2)12-17(11-15)19(21)14(3)20-18(4,5)13-22-19/h10-12,14,20-21H,6-9,13H2,1-5H3. The van der Waals surface area contributed by atoms with Crippen LogP contribution in [0.2, 0.25) is 0 Å². The van der Waals surface area contributed by atoms with Crippen LogP contribution in [0.3, 0.4) is 0 Å². The van der Waals surface area contributed by atoms with E-state index in [9.17, 15) is 5.11 Å². The van der Waals surface area contributed by atoms with Crippen LogP contribution in [0.4, 0.5) is 0 Å². The van der Waals surface area contributed by atoms with Crippen molar-refractivity contribution in [2.75, 3.05) is 6.61 Å². The number of morpholine rings is 1. The highest BCUT2D eigenvalue weighted by Gasteiger charge is 2.45. The third-order valence-corrected chi connectivity index (χ3v) is 4.39. The molecule has 0 saturated carbocycles. The molecule has 2 rings (SSSR count). The van der Waals surface area contributed by atoms with Gasteiger partial charge in [-0.15, -0.1) is 0 Å². The molecule has 1 saturated heterocycles. The second kappa shape index (κ2) is 6.69. The number of benzene rings is 1. The third-order valence-electron chi connectivity index (χ3n) is 4.39. The lowest BCUT2D eigenvalue weighted by molar-refractivity contribution is -0.263. The molecule has 2 atom stereocenters. The van der Waals surface area contributed by atoms with E-state index in [2.05, 4.69) is 51.2 Å². The summed E-state index contributed by atoms with van der Waals surface area (Å²) >= 11 is 0. The molecule has 0 radical (unpaired) electrons. The summed E-state index contributed by atoms with van der Waals surface area (Å²) in [5, 5.41) is 14.6. The molecule has 1 aliphatic heterocycles. The van der Waals surface area contributed by atoms with Crippen molar-refractivity contribution in [2.45, 2.75) is 77.7 Å². The van der Waals surface area contributed by atoms with Crippen molar-refractivity contribution in [1.82, 2.24) is 5.32 Å². The number of aryl methyl sites for hydroxylation is 2. The molecule has 3 heteroatoms. The lowest BCUT2D eigenvalue weighted by atomic mass is 9.89. The zero-order valence-corrected chi connectivity index (χ0v) is 14.7. The molecule has 1 fully saturated rings. The first-order chi connectivity index (χ1) is 10.3. The van der Waals surface area contributed by atoms with Gasteiger partial charge in [0.25, 0.3) is 0 Å². The van der Waals surface area contributed by atoms with E-state index < -0.39 is 5.79 Å². The minimum absolute atomic E-state index is 0.112. The zero-order chi connectivity index (χ0) is 16.4. The average Bonchev–Trinajstić information content (AvgIpc) is 2.43. The first-order valence-electron chi connectivity index (χ1n) is 8.58. The van der Waals surface area contributed by atoms with Crippen LogP contribution in [-0.2, 0) is 23.4 Å². The molecule has 1 aliphatic rings. The molecule has 2 N–H and O–H groups in total. The Labute approximate surface area is 135 Å². The van der Waals surface area contributed by atoms with Crippen LogP contribution in [0.5, 0.6) is 0 Å². The summed E-state index contributed by atoms with van der Waals surface area (Å²) < 4.78 is 5.94. The molecule has 1 aromatic carbocycles. The summed E-state index contributed by atoms with van der Waals surface area (Å²) in [7, 11) is 0. The smallest absolute Gasteiger partial charge is 0.208 e. The van der Waals surface area contributed by atoms with Gasteiger partial charge in [-0.25, -0.2) is 0 Å². The van der Waals surface area contributed by atoms with Gasteiger partial charge in [0.1, 0.15) is 0 Å². The van der Waals surface area contributed by atoms with E-state index in [1.54, 1.807) is 0 Å². The van der Waals surface area contributed by atoms with Crippen molar-refractivity contribution < 1.29 is 9.84 Å². The Morgan fingerprint density at radius 2 is 1.68 bits per heavy atom. The minimum Gasteiger partial charge on any atom is -0.361 e. The summed E-state index contributed by atoms with van der Waals surface area (Å²) in [6.45, 7) is 11.1. The molecular weight excluding hydrogens is 274 g/mol. The quantitative estimate of drug-likeness (QED) is 0.874. The molecule has 0 bridgehead atoms. The van der Waals surface area contributed by atoms with Crippen LogP contribution in [0.1, 0.15) is 64.2 Å². The molecule has 0 amide bonds. The highest BCUT2D eigenvalue weighted by Crippen LogP contribution is 2.34. The van der Waals surface area contributed by atoms with Gasteiger partial charge in [0.05, 0.1) is 12.6 Å². The molecule has 1 heterocycles. The fraction of sp³-hybridized carbons (Fsp3) is 0.684. The maximum absolute atomic E-state index is 11.1. The van der Waals surface area contributed by atoms with E-state index in [1.165, 1.54) is 11.1 Å². The third kappa shape index (κ3) is 3.70. The Kier molecular flexibility index (Phi) is 5.31. The van der Waals surface area contributed by atoms with Crippen molar-refractivity contribution in [3.63, 3.8) is 0 Å². The Morgan fingerprint density at radius 1 is 1.14 bits per heavy atom. The fourth-order valence-corrected chi connectivity index (χ4v) is 3.31. The lowest BCUT2D eigenvalue weighted by Crippen LogP contribution is -2.63. The van der Waals surface area contributed by atoms with Crippen LogP contribution in [-0.4, -0.2) is 23.3 Å². The van der Waals surface area contributed by atoms with Gasteiger partial charge in [0, 0.05) is 11.1 Å². The van der Waals surface area contributed by atoms with Crippen molar-refractivity contribution in [3.05, 3.63) is 34.9 Å². The number of ether oxygens (including phenoxy) is 1. The molecule has 2 unspecified atom stereocenters. The molecular formula is C19H31NO2. The van der Waals surface area contributed by atoms with Crippen LogP contribution >= 0.6 is 0 Å². The highest BCUT2D eigenvalue weighted by molar-refractivity contribution is 5.34. The van der Waals surface area contributed by atoms with Crippen LogP contribution < -0.4 is 5.32 Å². The summed E-state index contributed by atoms with van der Waals surface area (Å²) in [5.41, 5.74) is 3.35. The Hall–Kier alpha value is -0.900. The number of nitrogens with one attached hydrogen (secondary N) is 1. The van der Waals surface area contributed by atoms with Crippen LogP contribution in [0, 0.1) is 0 Å². The molecule has 3 nitrogen and oxygen atoms in total. The molecule has 0 aromatic heterocycles. The SMILES string of the molecule is CCCc1cc(CCC)cc(C2(O)OCC(C)(C)NC2C)c1. The number of rotatable bonds is 5. The van der Waals surface area contributed by atoms with Crippen LogP contribution in [0.25, 0.3) is 0 Å². The van der Waals surface area contributed by atoms with Gasteiger partial charge >= 0.3 is 0 Å². The van der Waals surface area contributed by atoms with Gasteiger partial charge in [-0.2, -0.15) is 0 Å². The van der Waals surface area contributed by atoms with E-state index in [1.807, 2.05) is 6.92 Å². The largest absolute Gasteiger partial charge is 0.361 e. The van der Waals surface area contributed by atoms with Crippen molar-refractivity contribution in [1.29, 1.82) is 0 Å². The van der Waals surface area contributed by atoms with Gasteiger partial charge in [-0.1, -0.05) is 44.9 Å². The van der Waals surface area contributed by atoms with E-state index in [4.69, 9.17) is 4.74 Å². The van der Waals surface area contributed by atoms with E-state index in [-0.39, 0.29) is 11.6 Å². The molecule has 22 heavy (non-hydrogen) atoms. The molecule has 1 aromatic rings. The van der Waals surface area contributed by atoms with E-state index in [0.29, 0.717) is 6.61 Å². The average molecular weight is 305 g/mol. The van der Waals surface area contributed by atoms with Crippen molar-refractivity contribution in [3.8, 4) is 0 Å². The summed E-state index contributed by atoms with van der Waals surface area (Å²) in [5.74, 6) is -1.25. The maximum Gasteiger partial charge on any atom is 0.208 e. The second-order valence-electron chi connectivity index (χ2n) is 7.27. The molecule has 0 spiro atoms. The monoisotopic (exact) mass is 305 g/mol. The zero-order valence-electron chi connectivity index (χ0n) is 14.7. The van der Waals surface area contributed by atoms with Gasteiger partial charge in [0.15, 0.2) is 0 Å². The maximum atomic E-state index is 11.1. The highest BCUT2D eigenvalue weighted by atomic mass is 16.6. The topological polar surface area (TPSA) is 41.5 Å². The van der Waals surface area contributed by atoms with Gasteiger partial charge < -0.3 is 15.2 Å². The summed E-state index contributed by atoms with van der Waals surface area (Å²) in [6, 6.07) is 6.34. The van der Waals surface area contributed by atoms with Gasteiger partial charge in [-0.05, 0) is 44.7 Å². The first kappa shape index (κ1) is 17.5. The van der Waals surface area contributed by atoms with Crippen LogP contribution in [0.15, 0.2) is 18.2 Å². The van der Waals surface area contributed by atoms with Gasteiger partial charge in [0.2, 0.25) is 5.79 Å². The Balaban J connectivity index is 2.37. The molecule has 0 aliphatic carbocycles. The number of hydrogen-bond donors (Lipinski definition) is 2. The minimum atomic E-state index is -1.25. The second-order valence-corrected chi connectivity index (χ2v) is 7.27. The van der Waals surface area contributed by atoms with Crippen molar-refractivity contribution in [2.24, 2.45) is 0 Å². The lowest BCUT2D eigenvalue weighted by Gasteiger charge is -2.46. The predicted octanol–water partition coefficient (Wildman–Crippen LogP) is 3.52. The Bertz CT molecular complexity index is 488. The number of hydrogen-bond acceptors (Lipinski definition) is 3. The first-order valence-corrected chi connectivity index (χ1v) is 8.58. The van der Waals surface area contributed by atoms with E-state index in [0.717, 1.165) is 31.2 Å². The number of aliphatic hydroxyl groups is 1. The molecule has 124 valence electrons. The van der Waals surface area contributed by atoms with Crippen molar-refractivity contribution >= 4 is 0 Å². The van der Waals surface area contributed by atoms with Gasteiger partial charge in [-0.3, -0.25) is 0 Å². The van der Waals surface area contributed by atoms with E-state index >= 15 is 0 Å².